The molecular weight excluding hydrogens is 535 g/mol. The van der Waals surface area contributed by atoms with Crippen molar-refractivity contribution in [1.82, 2.24) is 4.98 Å². The van der Waals surface area contributed by atoms with E-state index in [1.807, 2.05) is 12.1 Å². The number of hydrogen-bond acceptors (Lipinski definition) is 7. The fourth-order valence-corrected chi connectivity index (χ4v) is 4.26. The van der Waals surface area contributed by atoms with Gasteiger partial charge in [-0.25, -0.2) is 13.4 Å². The number of thioether (sulfide) groups is 1. The van der Waals surface area contributed by atoms with Gasteiger partial charge in [0.05, 0.1) is 10.8 Å². The highest BCUT2D eigenvalue weighted by molar-refractivity contribution is 7.99. The maximum atomic E-state index is 12.4. The lowest BCUT2D eigenvalue weighted by atomic mass is 10.1. The number of ketones is 1. The maximum Gasteiger partial charge on any atom is 0.280 e. The third-order valence-electron chi connectivity index (χ3n) is 4.21. The SMILES string of the molecule is CS(=O)(=O)c1cc(C(=O)N=C(N)N)ccc1Oc1ccc(C(=O)CSc2ccccn2)cc1.Cl.Cl. The molecule has 9 nitrogen and oxygen atoms in total. The third kappa shape index (κ3) is 8.55. The zero-order valence-electron chi connectivity index (χ0n) is 18.3. The molecule has 0 bridgehead atoms. The van der Waals surface area contributed by atoms with Crippen LogP contribution in [0.3, 0.4) is 0 Å². The number of carbonyl (C=O) groups excluding carboxylic acids is 2. The molecule has 1 amide bonds. The molecule has 2 aromatic carbocycles. The van der Waals surface area contributed by atoms with E-state index >= 15 is 0 Å². The average molecular weight is 557 g/mol. The topological polar surface area (TPSA) is 155 Å². The molecule has 0 aliphatic rings. The van der Waals surface area contributed by atoms with Gasteiger partial charge in [-0.3, -0.25) is 9.59 Å². The maximum absolute atomic E-state index is 12.4. The van der Waals surface area contributed by atoms with Crippen LogP contribution < -0.4 is 16.2 Å². The Bertz CT molecular complexity index is 1320. The van der Waals surface area contributed by atoms with E-state index in [9.17, 15) is 18.0 Å². The molecule has 0 aliphatic heterocycles. The van der Waals surface area contributed by atoms with Crippen molar-refractivity contribution in [3.8, 4) is 11.5 Å². The number of pyridine rings is 1. The summed E-state index contributed by atoms with van der Waals surface area (Å²) in [6.45, 7) is 0. The normalized spacial score (nSPS) is 10.3. The molecule has 0 saturated heterocycles. The Morgan fingerprint density at radius 3 is 2.23 bits per heavy atom. The van der Waals surface area contributed by atoms with Gasteiger partial charge in [0.2, 0.25) is 0 Å². The van der Waals surface area contributed by atoms with Gasteiger partial charge < -0.3 is 16.2 Å². The van der Waals surface area contributed by atoms with E-state index in [-0.39, 0.29) is 52.6 Å². The van der Waals surface area contributed by atoms with Crippen molar-refractivity contribution < 1.29 is 22.7 Å². The number of aromatic nitrogens is 1. The molecule has 0 aliphatic carbocycles. The molecule has 186 valence electrons. The molecule has 35 heavy (non-hydrogen) atoms. The Morgan fingerprint density at radius 1 is 1.00 bits per heavy atom. The first kappa shape index (κ1) is 29.9. The number of nitrogens with two attached hydrogens (primary N) is 2. The van der Waals surface area contributed by atoms with E-state index in [4.69, 9.17) is 16.2 Å². The zero-order valence-corrected chi connectivity index (χ0v) is 21.5. The van der Waals surface area contributed by atoms with E-state index in [0.29, 0.717) is 11.3 Å². The second-order valence-corrected chi connectivity index (χ2v) is 9.76. The number of carbonyl (C=O) groups is 2. The smallest absolute Gasteiger partial charge is 0.280 e. The molecule has 0 unspecified atom stereocenters. The Balaban J connectivity index is 0.00000306. The highest BCUT2D eigenvalue weighted by Crippen LogP contribution is 2.30. The molecule has 1 heterocycles. The summed E-state index contributed by atoms with van der Waals surface area (Å²) in [5.74, 6) is -0.745. The van der Waals surface area contributed by atoms with E-state index in [1.165, 1.54) is 23.9 Å². The Hall–Kier alpha value is -3.12. The minimum Gasteiger partial charge on any atom is -0.456 e. The lowest BCUT2D eigenvalue weighted by Gasteiger charge is -2.11. The number of halogens is 2. The van der Waals surface area contributed by atoms with Crippen molar-refractivity contribution in [1.29, 1.82) is 0 Å². The van der Waals surface area contributed by atoms with Crippen LogP contribution in [0, 0.1) is 0 Å². The van der Waals surface area contributed by atoms with E-state index in [0.717, 1.165) is 17.3 Å². The van der Waals surface area contributed by atoms with Crippen molar-refractivity contribution in [2.45, 2.75) is 9.92 Å². The molecule has 0 spiro atoms. The summed E-state index contributed by atoms with van der Waals surface area (Å²) >= 11 is 1.33. The number of Topliss-reactive ketones (excluding diaryl/α,β-unsaturated/α-hetero) is 1. The number of benzene rings is 2. The fourth-order valence-electron chi connectivity index (χ4n) is 2.69. The van der Waals surface area contributed by atoms with Crippen molar-refractivity contribution in [3.63, 3.8) is 0 Å². The summed E-state index contributed by atoms with van der Waals surface area (Å²) in [6, 6.07) is 15.6. The number of amides is 1. The molecule has 0 radical (unpaired) electrons. The summed E-state index contributed by atoms with van der Waals surface area (Å²) in [6.07, 6.45) is 2.65. The predicted molar refractivity (Wildman–Crippen MR) is 140 cm³/mol. The van der Waals surface area contributed by atoms with Crippen LogP contribution in [0.2, 0.25) is 0 Å². The first-order valence-corrected chi connectivity index (χ1v) is 12.3. The van der Waals surface area contributed by atoms with Crippen LogP contribution >= 0.6 is 36.6 Å². The third-order valence-corrected chi connectivity index (χ3v) is 6.28. The van der Waals surface area contributed by atoms with Crippen LogP contribution in [0.25, 0.3) is 0 Å². The quantitative estimate of drug-likeness (QED) is 0.183. The summed E-state index contributed by atoms with van der Waals surface area (Å²) in [5.41, 5.74) is 10.9. The van der Waals surface area contributed by atoms with Crippen molar-refractivity contribution in [3.05, 3.63) is 78.0 Å². The highest BCUT2D eigenvalue weighted by atomic mass is 35.5. The summed E-state index contributed by atoms with van der Waals surface area (Å²) < 4.78 is 30.2. The molecule has 13 heteroatoms. The van der Waals surface area contributed by atoms with Gasteiger partial charge in [0.15, 0.2) is 21.6 Å². The average Bonchev–Trinajstić information content (AvgIpc) is 2.77. The number of rotatable bonds is 8. The molecule has 0 fully saturated rings. The van der Waals surface area contributed by atoms with Gasteiger partial charge in [-0.05, 0) is 54.6 Å². The highest BCUT2D eigenvalue weighted by Gasteiger charge is 2.19. The molecule has 3 rings (SSSR count). The molecule has 0 saturated carbocycles. The molecule has 4 N–H and O–H groups in total. The number of guanidine groups is 1. The molecule has 0 atom stereocenters. The van der Waals surface area contributed by atoms with Gasteiger partial charge in [0, 0.05) is 23.6 Å². The standard InChI is InChI=1S/C22H20N4O5S2.2ClH/c1-33(29,30)19-12-15(21(28)26-22(23)24)7-10-18(19)31-16-8-5-14(6-9-16)17(27)13-32-20-4-2-3-11-25-20;;/h2-12H,13H2,1H3,(H4,23,24,26,28);2*1H. The molecular formula is C22H22Cl2N4O5S2. The minimum absolute atomic E-state index is 0. The van der Waals surface area contributed by atoms with Gasteiger partial charge in [-0.2, -0.15) is 4.99 Å². The van der Waals surface area contributed by atoms with E-state index in [1.54, 1.807) is 36.5 Å². The Morgan fingerprint density at radius 2 is 1.66 bits per heavy atom. The Kier molecular flexibility index (Phi) is 11.2. The molecule has 1 aromatic heterocycles. The van der Waals surface area contributed by atoms with Gasteiger partial charge in [-0.1, -0.05) is 17.8 Å². The second-order valence-electron chi connectivity index (χ2n) is 6.78. The van der Waals surface area contributed by atoms with Gasteiger partial charge in [0.25, 0.3) is 5.91 Å². The number of nitrogens with zero attached hydrogens (tertiary/aromatic N) is 2. The lowest BCUT2D eigenvalue weighted by molar-refractivity contribution is 0.0999. The number of ether oxygens (including phenoxy) is 1. The monoisotopic (exact) mass is 556 g/mol. The van der Waals surface area contributed by atoms with Crippen LogP contribution in [0.15, 0.2) is 81.8 Å². The number of aliphatic imine (C=N–C) groups is 1. The van der Waals surface area contributed by atoms with E-state index < -0.39 is 21.7 Å². The van der Waals surface area contributed by atoms with Gasteiger partial charge >= 0.3 is 0 Å². The van der Waals surface area contributed by atoms with Crippen molar-refractivity contribution in [2.75, 3.05) is 12.0 Å². The summed E-state index contributed by atoms with van der Waals surface area (Å²) in [5, 5.41) is 0.751. The number of hydrogen-bond donors (Lipinski definition) is 2. The predicted octanol–water partition coefficient (Wildman–Crippen LogP) is 3.51. The van der Waals surface area contributed by atoms with Gasteiger partial charge in [-0.15, -0.1) is 24.8 Å². The van der Waals surface area contributed by atoms with Crippen LogP contribution in [-0.2, 0) is 9.84 Å². The summed E-state index contributed by atoms with van der Waals surface area (Å²) in [4.78, 5) is 31.8. The first-order chi connectivity index (χ1) is 15.6. The van der Waals surface area contributed by atoms with Crippen molar-refractivity contribution >= 4 is 64.1 Å². The minimum atomic E-state index is -3.74. The summed E-state index contributed by atoms with van der Waals surface area (Å²) in [7, 11) is -3.74. The fraction of sp³-hybridized carbons (Fsp3) is 0.0909. The zero-order chi connectivity index (χ0) is 24.0. The number of sulfone groups is 1. The Labute approximate surface area is 219 Å². The first-order valence-electron chi connectivity index (χ1n) is 9.46. The molecule has 3 aromatic rings. The van der Waals surface area contributed by atoms with Gasteiger partial charge in [0.1, 0.15) is 16.4 Å². The lowest BCUT2D eigenvalue weighted by Crippen LogP contribution is -2.24. The van der Waals surface area contributed by atoms with Crippen LogP contribution in [0.4, 0.5) is 0 Å². The van der Waals surface area contributed by atoms with Crippen LogP contribution in [-0.4, -0.2) is 43.1 Å². The van der Waals surface area contributed by atoms with Crippen molar-refractivity contribution in [2.24, 2.45) is 16.5 Å². The van der Waals surface area contributed by atoms with Crippen LogP contribution in [0.1, 0.15) is 20.7 Å². The van der Waals surface area contributed by atoms with E-state index in [2.05, 4.69) is 9.98 Å². The second kappa shape index (κ2) is 13.1. The largest absolute Gasteiger partial charge is 0.456 e. The van der Waals surface area contributed by atoms with Crippen LogP contribution in [0.5, 0.6) is 11.5 Å².